The second-order valence-electron chi connectivity index (χ2n) is 9.26. The third-order valence-corrected chi connectivity index (χ3v) is 6.77. The van der Waals surface area contributed by atoms with E-state index in [2.05, 4.69) is 53.3 Å². The number of halogens is 1. The molecule has 0 spiro atoms. The smallest absolute Gasteiger partial charge is 0.229 e. The monoisotopic (exact) mass is 473 g/mol. The lowest BCUT2D eigenvalue weighted by Gasteiger charge is -2.33. The summed E-state index contributed by atoms with van der Waals surface area (Å²) in [6.07, 6.45) is 7.14. The van der Waals surface area contributed by atoms with Crippen LogP contribution in [0, 0.1) is 5.82 Å². The van der Waals surface area contributed by atoms with E-state index in [9.17, 15) is 4.39 Å². The molecule has 0 amide bonds. The van der Waals surface area contributed by atoms with Crippen LogP contribution in [0.5, 0.6) is 0 Å². The van der Waals surface area contributed by atoms with Crippen molar-refractivity contribution in [2.24, 2.45) is 0 Å². The summed E-state index contributed by atoms with van der Waals surface area (Å²) < 4.78 is 16.6. The molecule has 0 radical (unpaired) electrons. The van der Waals surface area contributed by atoms with Crippen LogP contribution in [0.3, 0.4) is 0 Å². The molecule has 1 aliphatic carbocycles. The number of hydrogen-bond donors (Lipinski definition) is 1. The van der Waals surface area contributed by atoms with Crippen molar-refractivity contribution in [2.75, 3.05) is 38.0 Å². The van der Waals surface area contributed by atoms with Crippen molar-refractivity contribution in [3.05, 3.63) is 60.1 Å². The molecule has 6 rings (SSSR count). The summed E-state index contributed by atoms with van der Waals surface area (Å²) in [6.45, 7) is 8.57. The minimum Gasteiger partial charge on any atom is -0.309 e. The minimum atomic E-state index is -0.484. The summed E-state index contributed by atoms with van der Waals surface area (Å²) in [4.78, 5) is 18.0. The molecule has 2 aliphatic rings. The van der Waals surface area contributed by atoms with Crippen molar-refractivity contribution in [3.8, 4) is 11.3 Å². The molecule has 9 nitrogen and oxygen atoms in total. The van der Waals surface area contributed by atoms with Gasteiger partial charge >= 0.3 is 0 Å². The van der Waals surface area contributed by atoms with Crippen molar-refractivity contribution in [1.82, 2.24) is 39.3 Å². The lowest BCUT2D eigenvalue weighted by Crippen LogP contribution is -2.45. The summed E-state index contributed by atoms with van der Waals surface area (Å²) in [5.74, 6) is 1.78. The van der Waals surface area contributed by atoms with E-state index < -0.39 is 5.82 Å². The Morgan fingerprint density at radius 1 is 0.971 bits per heavy atom. The highest BCUT2D eigenvalue weighted by atomic mass is 19.1. The normalized spacial score (nSPS) is 17.2. The van der Waals surface area contributed by atoms with Crippen LogP contribution in [0.1, 0.15) is 37.1 Å². The average molecular weight is 474 g/mol. The SMILES string of the molecule is CCN1CCN(Cc2ccc(Nc3ncc(F)c(-c4ccc5nnc(C6CC6)n5c4)n3)nc2)CC1. The van der Waals surface area contributed by atoms with E-state index in [1.807, 2.05) is 35.0 Å². The van der Waals surface area contributed by atoms with E-state index in [0.717, 1.165) is 69.1 Å². The minimum absolute atomic E-state index is 0.225. The Labute approximate surface area is 203 Å². The molecule has 0 aromatic carbocycles. The molecular weight excluding hydrogens is 445 g/mol. The van der Waals surface area contributed by atoms with Crippen LogP contribution in [0.15, 0.2) is 42.9 Å². The van der Waals surface area contributed by atoms with Crippen molar-refractivity contribution >= 4 is 17.4 Å². The van der Waals surface area contributed by atoms with Gasteiger partial charge in [0.15, 0.2) is 11.5 Å². The van der Waals surface area contributed by atoms with Crippen molar-refractivity contribution in [3.63, 3.8) is 0 Å². The molecule has 0 unspecified atom stereocenters. The van der Waals surface area contributed by atoms with Gasteiger partial charge in [0.1, 0.15) is 17.3 Å². The Hall–Kier alpha value is -3.50. The van der Waals surface area contributed by atoms with Crippen LogP contribution in [-0.4, -0.2) is 72.1 Å². The van der Waals surface area contributed by atoms with Gasteiger partial charge in [-0.25, -0.2) is 19.3 Å². The van der Waals surface area contributed by atoms with Crippen molar-refractivity contribution < 1.29 is 4.39 Å². The molecule has 5 heterocycles. The maximum absolute atomic E-state index is 14.7. The van der Waals surface area contributed by atoms with Gasteiger partial charge in [0.2, 0.25) is 5.95 Å². The molecule has 1 aliphatic heterocycles. The largest absolute Gasteiger partial charge is 0.309 e. The number of piperazine rings is 1. The molecule has 35 heavy (non-hydrogen) atoms. The summed E-state index contributed by atoms with van der Waals surface area (Å²) in [5, 5.41) is 11.6. The molecule has 0 bridgehead atoms. The quantitative estimate of drug-likeness (QED) is 0.437. The summed E-state index contributed by atoms with van der Waals surface area (Å²) in [6, 6.07) is 7.62. The second-order valence-corrected chi connectivity index (χ2v) is 9.26. The van der Waals surface area contributed by atoms with Crippen LogP contribution >= 0.6 is 0 Å². The fourth-order valence-corrected chi connectivity index (χ4v) is 4.53. The molecule has 4 aromatic heterocycles. The number of hydrogen-bond acceptors (Lipinski definition) is 8. The number of aromatic nitrogens is 6. The standard InChI is InChI=1S/C25H28FN9/c1-2-33-9-11-34(12-10-33)15-17-3-7-21(27-13-17)29-25-28-14-20(26)23(30-25)19-6-8-22-31-32-24(18-4-5-18)35(22)16-19/h3,6-8,13-14,16,18H,2,4-5,9-12,15H2,1H3,(H,27,28,29,30). The van der Waals surface area contributed by atoms with Crippen LogP contribution in [0.4, 0.5) is 16.2 Å². The average Bonchev–Trinajstić information content (AvgIpc) is 3.65. The lowest BCUT2D eigenvalue weighted by atomic mass is 10.2. The third kappa shape index (κ3) is 4.71. The number of likely N-dealkylation sites (N-methyl/N-ethyl adjacent to an activating group) is 1. The number of anilines is 2. The topological polar surface area (TPSA) is 87.4 Å². The number of nitrogens with zero attached hydrogens (tertiary/aromatic N) is 8. The van der Waals surface area contributed by atoms with Crippen molar-refractivity contribution in [2.45, 2.75) is 32.2 Å². The Balaban J connectivity index is 1.17. The Morgan fingerprint density at radius 2 is 1.80 bits per heavy atom. The number of rotatable bonds is 7. The van der Waals surface area contributed by atoms with Crippen LogP contribution in [0.25, 0.3) is 16.9 Å². The van der Waals surface area contributed by atoms with Crippen LogP contribution < -0.4 is 5.32 Å². The van der Waals surface area contributed by atoms with Gasteiger partial charge in [0.25, 0.3) is 0 Å². The molecule has 1 saturated carbocycles. The fraction of sp³-hybridized carbons (Fsp3) is 0.400. The summed E-state index contributed by atoms with van der Waals surface area (Å²) in [5.41, 5.74) is 2.78. The Bertz CT molecular complexity index is 1320. The van der Waals surface area contributed by atoms with Gasteiger partial charge in [-0.2, -0.15) is 0 Å². The maximum Gasteiger partial charge on any atom is 0.229 e. The summed E-state index contributed by atoms with van der Waals surface area (Å²) in [7, 11) is 0. The van der Waals surface area contributed by atoms with Crippen molar-refractivity contribution in [1.29, 1.82) is 0 Å². The first-order valence-electron chi connectivity index (χ1n) is 12.2. The number of nitrogens with one attached hydrogen (secondary N) is 1. The van der Waals surface area contributed by atoms with Crippen LogP contribution in [0.2, 0.25) is 0 Å². The molecule has 1 saturated heterocycles. The zero-order valence-electron chi connectivity index (χ0n) is 19.7. The highest BCUT2D eigenvalue weighted by Gasteiger charge is 2.28. The Kier molecular flexibility index (Phi) is 5.83. The summed E-state index contributed by atoms with van der Waals surface area (Å²) >= 11 is 0. The molecule has 2 fully saturated rings. The highest BCUT2D eigenvalue weighted by molar-refractivity contribution is 5.63. The van der Waals surface area contributed by atoms with E-state index in [1.54, 1.807) is 0 Å². The third-order valence-electron chi connectivity index (χ3n) is 6.77. The number of pyridine rings is 2. The molecule has 4 aromatic rings. The van der Waals surface area contributed by atoms with Gasteiger partial charge in [0, 0.05) is 56.6 Å². The van der Waals surface area contributed by atoms with Gasteiger partial charge in [-0.1, -0.05) is 13.0 Å². The van der Waals surface area contributed by atoms with E-state index in [-0.39, 0.29) is 5.69 Å². The van der Waals surface area contributed by atoms with Gasteiger partial charge in [-0.05, 0) is 43.1 Å². The zero-order valence-corrected chi connectivity index (χ0v) is 19.7. The van der Waals surface area contributed by atoms with Gasteiger partial charge < -0.3 is 10.2 Å². The fourth-order valence-electron chi connectivity index (χ4n) is 4.53. The Morgan fingerprint density at radius 3 is 2.54 bits per heavy atom. The van der Waals surface area contributed by atoms with Gasteiger partial charge in [-0.3, -0.25) is 9.30 Å². The zero-order chi connectivity index (χ0) is 23.8. The second kappa shape index (κ2) is 9.27. The maximum atomic E-state index is 14.7. The molecule has 180 valence electrons. The number of fused-ring (bicyclic) bond motifs is 1. The van der Waals surface area contributed by atoms with Gasteiger partial charge in [0.05, 0.1) is 6.20 Å². The van der Waals surface area contributed by atoms with E-state index >= 15 is 0 Å². The first kappa shape index (κ1) is 22.0. The molecular formula is C25H28FN9. The first-order valence-corrected chi connectivity index (χ1v) is 12.2. The lowest BCUT2D eigenvalue weighted by molar-refractivity contribution is 0.132. The first-order chi connectivity index (χ1) is 17.2. The van der Waals surface area contributed by atoms with E-state index in [4.69, 9.17) is 0 Å². The predicted molar refractivity (Wildman–Crippen MR) is 131 cm³/mol. The van der Waals surface area contributed by atoms with E-state index in [0.29, 0.717) is 23.2 Å². The van der Waals surface area contributed by atoms with E-state index in [1.165, 1.54) is 6.20 Å². The predicted octanol–water partition coefficient (Wildman–Crippen LogP) is 3.48. The highest BCUT2D eigenvalue weighted by Crippen LogP contribution is 2.39. The molecule has 0 atom stereocenters. The molecule has 1 N–H and O–H groups in total. The molecule has 10 heteroatoms. The van der Waals surface area contributed by atoms with Gasteiger partial charge in [-0.15, -0.1) is 10.2 Å². The van der Waals surface area contributed by atoms with Crippen LogP contribution in [-0.2, 0) is 6.54 Å².